The maximum Gasteiger partial charge on any atom is 0.422 e. The normalized spacial score (nSPS) is 12.2. The van der Waals surface area contributed by atoms with Gasteiger partial charge in [-0.3, -0.25) is 10.1 Å². The van der Waals surface area contributed by atoms with Gasteiger partial charge in [-0.05, 0) is 34.4 Å². The first-order chi connectivity index (χ1) is 16.8. The monoisotopic (exact) mass is 480 g/mol. The molecule has 0 unspecified atom stereocenters. The molecule has 1 aliphatic carbocycles. The van der Waals surface area contributed by atoms with Crippen LogP contribution in [0.4, 0.5) is 23.7 Å². The minimum absolute atomic E-state index is 0.0663. The first-order valence-electron chi connectivity index (χ1n) is 10.7. The highest BCUT2D eigenvalue weighted by Gasteiger charge is 2.38. The van der Waals surface area contributed by atoms with Gasteiger partial charge in [-0.25, -0.2) is 4.79 Å². The van der Waals surface area contributed by atoms with Gasteiger partial charge in [0.15, 0.2) is 0 Å². The predicted octanol–water partition coefficient (Wildman–Crippen LogP) is 5.89. The quantitative estimate of drug-likeness (QED) is 0.214. The number of nitro groups is 1. The van der Waals surface area contributed by atoms with E-state index >= 15 is 0 Å². The van der Waals surface area contributed by atoms with Crippen molar-refractivity contribution in [3.05, 3.63) is 99.1 Å². The lowest BCUT2D eigenvalue weighted by Crippen LogP contribution is -2.26. The SMILES string of the molecule is O=C(NCCC#Cc1ccc(C(F)(F)F)c([N+](=O)[O-])c1)OCC1c2ccccc2-c2ccccc21. The average Bonchev–Trinajstić information content (AvgIpc) is 3.15. The Labute approximate surface area is 198 Å². The molecule has 0 radical (unpaired) electrons. The smallest absolute Gasteiger partial charge is 0.422 e. The summed E-state index contributed by atoms with van der Waals surface area (Å²) < 4.78 is 44.1. The van der Waals surface area contributed by atoms with Gasteiger partial charge in [-0.15, -0.1) is 0 Å². The molecule has 0 fully saturated rings. The zero-order valence-corrected chi connectivity index (χ0v) is 18.3. The van der Waals surface area contributed by atoms with Crippen molar-refractivity contribution in [1.82, 2.24) is 5.32 Å². The highest BCUT2D eigenvalue weighted by atomic mass is 19.4. The van der Waals surface area contributed by atoms with Crippen LogP contribution in [0, 0.1) is 22.0 Å². The summed E-state index contributed by atoms with van der Waals surface area (Å²) in [7, 11) is 0. The summed E-state index contributed by atoms with van der Waals surface area (Å²) >= 11 is 0. The fourth-order valence-electron chi connectivity index (χ4n) is 4.04. The zero-order chi connectivity index (χ0) is 25.0. The molecule has 0 aliphatic heterocycles. The van der Waals surface area contributed by atoms with Crippen LogP contribution in [0.25, 0.3) is 11.1 Å². The van der Waals surface area contributed by atoms with Crippen molar-refractivity contribution in [2.75, 3.05) is 13.2 Å². The first kappa shape index (κ1) is 23.8. The van der Waals surface area contributed by atoms with Crippen molar-refractivity contribution < 1.29 is 27.6 Å². The van der Waals surface area contributed by atoms with Crippen molar-refractivity contribution >= 4 is 11.8 Å². The van der Waals surface area contributed by atoms with Gasteiger partial charge in [0.05, 0.1) is 4.92 Å². The number of hydrogen-bond donors (Lipinski definition) is 1. The molecule has 0 saturated heterocycles. The fourth-order valence-corrected chi connectivity index (χ4v) is 4.04. The number of amides is 1. The van der Waals surface area contributed by atoms with Gasteiger partial charge in [-0.1, -0.05) is 60.4 Å². The number of alkyl halides is 3. The summed E-state index contributed by atoms with van der Waals surface area (Å²) in [5.41, 5.74) is 2.12. The van der Waals surface area contributed by atoms with Crippen LogP contribution in [-0.2, 0) is 10.9 Å². The number of hydrogen-bond acceptors (Lipinski definition) is 4. The third kappa shape index (κ3) is 5.27. The van der Waals surface area contributed by atoms with Crippen LogP contribution >= 0.6 is 0 Å². The van der Waals surface area contributed by atoms with Crippen molar-refractivity contribution in [1.29, 1.82) is 0 Å². The Morgan fingerprint density at radius 1 is 1.03 bits per heavy atom. The van der Waals surface area contributed by atoms with E-state index < -0.39 is 28.4 Å². The molecule has 178 valence electrons. The molecule has 4 rings (SSSR count). The highest BCUT2D eigenvalue weighted by Crippen LogP contribution is 2.44. The molecule has 0 heterocycles. The van der Waals surface area contributed by atoms with E-state index in [2.05, 4.69) is 17.2 Å². The average molecular weight is 480 g/mol. The van der Waals surface area contributed by atoms with Crippen LogP contribution in [0.1, 0.15) is 34.6 Å². The van der Waals surface area contributed by atoms with E-state index in [9.17, 15) is 28.1 Å². The molecular formula is C26H19F3N2O4. The van der Waals surface area contributed by atoms with E-state index in [4.69, 9.17) is 4.74 Å². The maximum atomic E-state index is 12.9. The maximum absolute atomic E-state index is 12.9. The summed E-state index contributed by atoms with van der Waals surface area (Å²) in [4.78, 5) is 22.0. The molecule has 0 atom stereocenters. The Morgan fingerprint density at radius 3 is 2.26 bits per heavy atom. The van der Waals surface area contributed by atoms with Gasteiger partial charge in [0.1, 0.15) is 12.2 Å². The van der Waals surface area contributed by atoms with Crippen LogP contribution in [0.2, 0.25) is 0 Å². The summed E-state index contributed by atoms with van der Waals surface area (Å²) in [6, 6.07) is 18.4. The lowest BCUT2D eigenvalue weighted by Gasteiger charge is -2.14. The number of benzene rings is 3. The fraction of sp³-hybridized carbons (Fsp3) is 0.192. The molecule has 0 bridgehead atoms. The molecule has 0 aromatic heterocycles. The number of nitrogens with zero attached hydrogens (tertiary/aromatic N) is 1. The highest BCUT2D eigenvalue weighted by molar-refractivity contribution is 5.79. The lowest BCUT2D eigenvalue weighted by atomic mass is 9.98. The van der Waals surface area contributed by atoms with Crippen LogP contribution < -0.4 is 5.32 Å². The number of nitro benzene ring substituents is 1. The van der Waals surface area contributed by atoms with Gasteiger partial charge in [-0.2, -0.15) is 13.2 Å². The van der Waals surface area contributed by atoms with Gasteiger partial charge in [0, 0.05) is 30.5 Å². The molecule has 3 aromatic carbocycles. The number of alkyl carbamates (subject to hydrolysis) is 1. The van der Waals surface area contributed by atoms with Gasteiger partial charge < -0.3 is 10.1 Å². The molecule has 3 aromatic rings. The Balaban J connectivity index is 1.30. The number of nitrogens with one attached hydrogen (secondary N) is 1. The van der Waals surface area contributed by atoms with Crippen LogP contribution in [0.3, 0.4) is 0 Å². The van der Waals surface area contributed by atoms with Gasteiger partial charge >= 0.3 is 12.3 Å². The van der Waals surface area contributed by atoms with Crippen LogP contribution in [0.15, 0.2) is 66.7 Å². The minimum Gasteiger partial charge on any atom is -0.449 e. The second kappa shape index (κ2) is 9.89. The van der Waals surface area contributed by atoms with Crippen molar-refractivity contribution in [2.24, 2.45) is 0 Å². The van der Waals surface area contributed by atoms with Crippen molar-refractivity contribution in [3.8, 4) is 23.0 Å². The van der Waals surface area contributed by atoms with E-state index in [1.165, 1.54) is 0 Å². The number of halogens is 3. The second-order valence-electron chi connectivity index (χ2n) is 7.79. The van der Waals surface area contributed by atoms with E-state index in [1.54, 1.807) is 0 Å². The number of rotatable bonds is 5. The van der Waals surface area contributed by atoms with Crippen LogP contribution in [0.5, 0.6) is 0 Å². The molecule has 1 amide bonds. The standard InChI is InChI=1S/C26H19F3N2O4/c27-26(28,29)23-13-12-17(15-24(23)31(33)34)7-5-6-14-30-25(32)35-16-22-20-10-3-1-8-18(20)19-9-2-4-11-21(19)22/h1-4,8-13,15,22H,6,14,16H2,(H,30,32). The molecule has 6 nitrogen and oxygen atoms in total. The second-order valence-corrected chi connectivity index (χ2v) is 7.79. The van der Waals surface area contributed by atoms with E-state index in [0.29, 0.717) is 6.07 Å². The third-order valence-corrected chi connectivity index (χ3v) is 5.60. The Kier molecular flexibility index (Phi) is 6.73. The molecular weight excluding hydrogens is 461 g/mol. The molecule has 1 N–H and O–H groups in total. The van der Waals surface area contributed by atoms with E-state index in [0.717, 1.165) is 34.4 Å². The third-order valence-electron chi connectivity index (χ3n) is 5.60. The first-order valence-corrected chi connectivity index (χ1v) is 10.7. The number of carbonyl (C=O) groups excluding carboxylic acids is 1. The number of ether oxygens (including phenoxy) is 1. The Morgan fingerprint density at radius 2 is 1.66 bits per heavy atom. The molecule has 1 aliphatic rings. The summed E-state index contributed by atoms with van der Waals surface area (Å²) in [5, 5.41) is 13.5. The van der Waals surface area contributed by atoms with E-state index in [-0.39, 0.29) is 31.1 Å². The largest absolute Gasteiger partial charge is 0.449 e. The van der Waals surface area contributed by atoms with Crippen LogP contribution in [-0.4, -0.2) is 24.2 Å². The Bertz CT molecular complexity index is 1300. The Hall–Kier alpha value is -4.32. The molecule has 9 heteroatoms. The van der Waals surface area contributed by atoms with Gasteiger partial charge in [0.2, 0.25) is 0 Å². The molecule has 0 saturated carbocycles. The summed E-state index contributed by atoms with van der Waals surface area (Å²) in [6.07, 6.45) is -5.26. The minimum atomic E-state index is -4.83. The topological polar surface area (TPSA) is 81.5 Å². The number of carbonyl (C=O) groups is 1. The summed E-state index contributed by atoms with van der Waals surface area (Å²) in [6.45, 7) is 0.313. The molecule has 35 heavy (non-hydrogen) atoms. The van der Waals surface area contributed by atoms with E-state index in [1.807, 2.05) is 48.5 Å². The summed E-state index contributed by atoms with van der Waals surface area (Å²) in [5.74, 6) is 5.19. The van der Waals surface area contributed by atoms with Gasteiger partial charge in [0.25, 0.3) is 5.69 Å². The van der Waals surface area contributed by atoms with Crippen molar-refractivity contribution in [3.63, 3.8) is 0 Å². The lowest BCUT2D eigenvalue weighted by molar-refractivity contribution is -0.388. The van der Waals surface area contributed by atoms with Crippen molar-refractivity contribution in [2.45, 2.75) is 18.5 Å². The predicted molar refractivity (Wildman–Crippen MR) is 123 cm³/mol. The zero-order valence-electron chi connectivity index (χ0n) is 18.3. The number of fused-ring (bicyclic) bond motifs is 3. The molecule has 0 spiro atoms.